The van der Waals surface area contributed by atoms with Gasteiger partial charge < -0.3 is 10.2 Å². The van der Waals surface area contributed by atoms with E-state index < -0.39 is 11.2 Å². The van der Waals surface area contributed by atoms with E-state index in [1.807, 2.05) is 58.0 Å². The summed E-state index contributed by atoms with van der Waals surface area (Å²) in [7, 11) is 0. The van der Waals surface area contributed by atoms with Crippen LogP contribution < -0.4 is 16.6 Å². The molecule has 1 aliphatic rings. The molecule has 2 aromatic heterocycles. The molecule has 0 saturated carbocycles. The summed E-state index contributed by atoms with van der Waals surface area (Å²) in [5.41, 5.74) is 1.22. The summed E-state index contributed by atoms with van der Waals surface area (Å²) in [4.78, 5) is 47.9. The van der Waals surface area contributed by atoms with Crippen LogP contribution in [-0.4, -0.2) is 44.5 Å². The number of para-hydroxylation sites is 1. The Hall–Kier alpha value is -3.42. The number of nitrogens with zero attached hydrogens (tertiary/aromatic N) is 3. The zero-order chi connectivity index (χ0) is 23.7. The molecule has 3 aromatic rings. The van der Waals surface area contributed by atoms with E-state index in [1.165, 1.54) is 4.57 Å². The van der Waals surface area contributed by atoms with Crippen molar-refractivity contribution in [3.8, 4) is 0 Å². The van der Waals surface area contributed by atoms with Gasteiger partial charge in [0.1, 0.15) is 0 Å². The number of aromatic nitrogens is 3. The average molecular weight is 450 g/mol. The third kappa shape index (κ3) is 4.69. The average Bonchev–Trinajstić information content (AvgIpc) is 3.24. The van der Waals surface area contributed by atoms with E-state index in [0.717, 1.165) is 12.1 Å². The normalized spacial score (nSPS) is 16.2. The van der Waals surface area contributed by atoms with Crippen molar-refractivity contribution in [3.63, 3.8) is 0 Å². The third-order valence-corrected chi connectivity index (χ3v) is 5.96. The minimum absolute atomic E-state index is 0.0360. The number of amides is 1. The predicted molar refractivity (Wildman–Crippen MR) is 130 cm³/mol. The molecule has 8 nitrogen and oxygen atoms in total. The summed E-state index contributed by atoms with van der Waals surface area (Å²) in [6.07, 6.45) is 0.815. The number of carbonyl (C=O) groups is 1. The molecule has 1 atom stereocenters. The highest BCUT2D eigenvalue weighted by atomic mass is 16.2. The number of rotatable bonds is 6. The lowest BCUT2D eigenvalue weighted by Crippen LogP contribution is -2.36. The van der Waals surface area contributed by atoms with Gasteiger partial charge in [-0.05, 0) is 36.5 Å². The first-order valence-electron chi connectivity index (χ1n) is 11.5. The van der Waals surface area contributed by atoms with E-state index in [9.17, 15) is 14.4 Å². The lowest BCUT2D eigenvalue weighted by molar-refractivity contribution is 0.0793. The standard InChI is InChI=1S/C25H31N5O3/c1-15(2)13-30-22-21(23(31)28-25(30)33)19(12-20(27-22)16(3)4)24(32)29-11-10-18(14-29)26-17-8-6-5-7-9-17/h5-9,12,15-16,18,26H,10-11,13-14H2,1-4H3,(H,28,31,33). The second kappa shape index (κ2) is 9.21. The van der Waals surface area contributed by atoms with Gasteiger partial charge in [-0.2, -0.15) is 0 Å². The number of anilines is 1. The van der Waals surface area contributed by atoms with Gasteiger partial charge in [0.15, 0.2) is 5.65 Å². The first kappa shape index (κ1) is 22.8. The molecule has 0 bridgehead atoms. The highest BCUT2D eigenvalue weighted by molar-refractivity contribution is 6.05. The smallest absolute Gasteiger partial charge is 0.330 e. The van der Waals surface area contributed by atoms with Crippen molar-refractivity contribution in [1.82, 2.24) is 19.4 Å². The molecular formula is C25H31N5O3. The fourth-order valence-corrected chi connectivity index (χ4v) is 4.30. The highest BCUT2D eigenvalue weighted by Gasteiger charge is 2.30. The number of H-pyrrole nitrogens is 1. The maximum atomic E-state index is 13.6. The SMILES string of the molecule is CC(C)Cn1c(=O)[nH]c(=O)c2c(C(=O)N3CCC(Nc4ccccc4)C3)cc(C(C)C)nc21. The van der Waals surface area contributed by atoms with Crippen LogP contribution in [0.5, 0.6) is 0 Å². The Morgan fingerprint density at radius 1 is 1.18 bits per heavy atom. The number of aromatic amines is 1. The van der Waals surface area contributed by atoms with Crippen molar-refractivity contribution in [2.45, 2.75) is 52.6 Å². The molecule has 1 unspecified atom stereocenters. The quantitative estimate of drug-likeness (QED) is 0.602. The van der Waals surface area contributed by atoms with E-state index in [-0.39, 0.29) is 34.8 Å². The lowest BCUT2D eigenvalue weighted by atomic mass is 10.0. The van der Waals surface area contributed by atoms with Crippen LogP contribution in [0.3, 0.4) is 0 Å². The van der Waals surface area contributed by atoms with Gasteiger partial charge in [-0.15, -0.1) is 0 Å². The molecule has 0 radical (unpaired) electrons. The highest BCUT2D eigenvalue weighted by Crippen LogP contribution is 2.24. The van der Waals surface area contributed by atoms with Crippen molar-refractivity contribution >= 4 is 22.6 Å². The Labute approximate surface area is 192 Å². The predicted octanol–water partition coefficient (Wildman–Crippen LogP) is 3.19. The van der Waals surface area contributed by atoms with Crippen molar-refractivity contribution in [3.05, 3.63) is 68.5 Å². The van der Waals surface area contributed by atoms with Gasteiger partial charge in [0.05, 0.1) is 10.9 Å². The van der Waals surface area contributed by atoms with Crippen LogP contribution >= 0.6 is 0 Å². The molecule has 1 aliphatic heterocycles. The van der Waals surface area contributed by atoms with Crippen LogP contribution in [0.25, 0.3) is 11.0 Å². The molecule has 1 amide bonds. The van der Waals surface area contributed by atoms with Gasteiger partial charge in [-0.1, -0.05) is 45.9 Å². The van der Waals surface area contributed by atoms with Crippen molar-refractivity contribution in [1.29, 1.82) is 0 Å². The van der Waals surface area contributed by atoms with Crippen LogP contribution in [0, 0.1) is 5.92 Å². The molecule has 8 heteroatoms. The number of hydrogen-bond donors (Lipinski definition) is 2. The topological polar surface area (TPSA) is 100 Å². The van der Waals surface area contributed by atoms with Gasteiger partial charge >= 0.3 is 5.69 Å². The van der Waals surface area contributed by atoms with E-state index in [4.69, 9.17) is 0 Å². The first-order chi connectivity index (χ1) is 15.7. The molecule has 0 spiro atoms. The van der Waals surface area contributed by atoms with E-state index in [2.05, 4.69) is 15.3 Å². The molecule has 3 heterocycles. The molecule has 0 aliphatic carbocycles. The van der Waals surface area contributed by atoms with Crippen LogP contribution in [0.1, 0.15) is 56.1 Å². The molecule has 2 N–H and O–H groups in total. The van der Waals surface area contributed by atoms with Crippen LogP contribution in [0.4, 0.5) is 5.69 Å². The number of likely N-dealkylation sites (tertiary alicyclic amines) is 1. The molecule has 1 fully saturated rings. The summed E-state index contributed by atoms with van der Waals surface area (Å²) in [5, 5.41) is 3.66. The minimum atomic E-state index is -0.570. The fourth-order valence-electron chi connectivity index (χ4n) is 4.30. The summed E-state index contributed by atoms with van der Waals surface area (Å²) in [6.45, 7) is 9.48. The van der Waals surface area contributed by atoms with Crippen LogP contribution in [0.2, 0.25) is 0 Å². The van der Waals surface area contributed by atoms with Crippen molar-refractivity contribution in [2.24, 2.45) is 5.92 Å². The van der Waals surface area contributed by atoms with Gasteiger partial charge in [-0.25, -0.2) is 9.78 Å². The summed E-state index contributed by atoms with van der Waals surface area (Å²) in [6, 6.07) is 11.8. The number of carbonyl (C=O) groups excluding carboxylic acids is 1. The van der Waals surface area contributed by atoms with E-state index >= 15 is 0 Å². The van der Waals surface area contributed by atoms with Gasteiger partial charge in [0.25, 0.3) is 11.5 Å². The maximum absolute atomic E-state index is 13.6. The first-order valence-corrected chi connectivity index (χ1v) is 11.5. The monoisotopic (exact) mass is 449 g/mol. The Balaban J connectivity index is 1.74. The molecular weight excluding hydrogens is 418 g/mol. The molecule has 1 saturated heterocycles. The van der Waals surface area contributed by atoms with Gasteiger partial charge in [-0.3, -0.25) is 19.1 Å². The largest absolute Gasteiger partial charge is 0.380 e. The molecule has 33 heavy (non-hydrogen) atoms. The molecule has 1 aromatic carbocycles. The summed E-state index contributed by atoms with van der Waals surface area (Å²) >= 11 is 0. The number of nitrogens with one attached hydrogen (secondary N) is 2. The van der Waals surface area contributed by atoms with Crippen molar-refractivity contribution in [2.75, 3.05) is 18.4 Å². The number of fused-ring (bicyclic) bond motifs is 1. The number of benzene rings is 1. The maximum Gasteiger partial charge on any atom is 0.330 e. The van der Waals surface area contributed by atoms with Gasteiger partial charge in [0.2, 0.25) is 0 Å². The second-order valence-corrected chi connectivity index (χ2v) is 9.46. The number of pyridine rings is 1. The lowest BCUT2D eigenvalue weighted by Gasteiger charge is -2.20. The Morgan fingerprint density at radius 3 is 2.58 bits per heavy atom. The zero-order valence-corrected chi connectivity index (χ0v) is 19.6. The summed E-state index contributed by atoms with van der Waals surface area (Å²) in [5.74, 6) is -0.000294. The van der Waals surface area contributed by atoms with Crippen LogP contribution in [0.15, 0.2) is 46.0 Å². The Bertz CT molecular complexity index is 1280. The summed E-state index contributed by atoms with van der Waals surface area (Å²) < 4.78 is 1.48. The zero-order valence-electron chi connectivity index (χ0n) is 19.6. The Kier molecular flexibility index (Phi) is 6.35. The van der Waals surface area contributed by atoms with E-state index in [1.54, 1.807) is 11.0 Å². The molecule has 4 rings (SSSR count). The molecule has 174 valence electrons. The fraction of sp³-hybridized carbons (Fsp3) is 0.440. The van der Waals surface area contributed by atoms with Gasteiger partial charge in [0, 0.05) is 37.1 Å². The Morgan fingerprint density at radius 2 is 1.91 bits per heavy atom. The third-order valence-electron chi connectivity index (χ3n) is 5.96. The second-order valence-electron chi connectivity index (χ2n) is 9.46. The number of hydrogen-bond acceptors (Lipinski definition) is 5. The van der Waals surface area contributed by atoms with Crippen LogP contribution in [-0.2, 0) is 6.54 Å². The van der Waals surface area contributed by atoms with Crippen molar-refractivity contribution < 1.29 is 4.79 Å². The van der Waals surface area contributed by atoms with E-state index in [0.29, 0.717) is 30.9 Å². The minimum Gasteiger partial charge on any atom is -0.380 e.